The second-order valence-corrected chi connectivity index (χ2v) is 9.77. The fourth-order valence-electron chi connectivity index (χ4n) is 3.81. The summed E-state index contributed by atoms with van der Waals surface area (Å²) in [6, 6.07) is 23.0. The fraction of sp³-hybridized carbons (Fsp3) is 0.143. The third kappa shape index (κ3) is 7.09. The van der Waals surface area contributed by atoms with Gasteiger partial charge in [0.1, 0.15) is 6.04 Å². The van der Waals surface area contributed by atoms with Crippen molar-refractivity contribution >= 4 is 51.2 Å². The highest BCUT2D eigenvalue weighted by molar-refractivity contribution is 8.13. The molecule has 4 rings (SSSR count). The Balaban J connectivity index is 1.48. The monoisotopic (exact) mass is 533 g/mol. The van der Waals surface area contributed by atoms with Crippen molar-refractivity contribution in [2.75, 3.05) is 12.3 Å². The number of hydrogen-bond acceptors (Lipinski definition) is 5. The van der Waals surface area contributed by atoms with Crippen LogP contribution in [0.25, 0.3) is 10.9 Å². The van der Waals surface area contributed by atoms with E-state index in [0.717, 1.165) is 17.1 Å². The molecule has 0 aliphatic rings. The minimum absolute atomic E-state index is 0.131. The maximum atomic E-state index is 13.2. The third-order valence-corrected chi connectivity index (χ3v) is 6.85. The van der Waals surface area contributed by atoms with Crippen LogP contribution in [0.2, 0.25) is 5.02 Å². The quantitative estimate of drug-likeness (QED) is 0.279. The highest BCUT2D eigenvalue weighted by Gasteiger charge is 2.23. The first kappa shape index (κ1) is 26.2. The van der Waals surface area contributed by atoms with Crippen LogP contribution in [0.4, 0.5) is 0 Å². The molecule has 0 radical (unpaired) electrons. The van der Waals surface area contributed by atoms with Gasteiger partial charge in [-0.1, -0.05) is 59.8 Å². The molecule has 0 saturated carbocycles. The van der Waals surface area contributed by atoms with Gasteiger partial charge in [0.15, 0.2) is 0 Å². The highest BCUT2D eigenvalue weighted by Crippen LogP contribution is 2.19. The molecule has 4 aromatic rings. The summed E-state index contributed by atoms with van der Waals surface area (Å²) in [4.78, 5) is 53.4. The minimum Gasteiger partial charge on any atom is -0.351 e. The molecule has 0 aliphatic carbocycles. The molecule has 37 heavy (non-hydrogen) atoms. The van der Waals surface area contributed by atoms with Gasteiger partial charge in [0.2, 0.25) is 10.7 Å². The highest BCUT2D eigenvalue weighted by atomic mass is 35.5. The molecule has 2 amide bonds. The van der Waals surface area contributed by atoms with E-state index in [1.807, 2.05) is 24.3 Å². The Hall–Kier alpha value is -3.88. The number of thioether (sulfide) groups is 1. The average molecular weight is 534 g/mol. The van der Waals surface area contributed by atoms with Gasteiger partial charge < -0.3 is 15.6 Å². The zero-order valence-corrected chi connectivity index (χ0v) is 21.3. The van der Waals surface area contributed by atoms with Crippen LogP contribution >= 0.6 is 23.4 Å². The largest absolute Gasteiger partial charge is 0.351 e. The van der Waals surface area contributed by atoms with Crippen molar-refractivity contribution in [1.29, 1.82) is 0 Å². The van der Waals surface area contributed by atoms with E-state index in [1.54, 1.807) is 54.6 Å². The molecular weight excluding hydrogens is 510 g/mol. The molecule has 1 atom stereocenters. The van der Waals surface area contributed by atoms with Crippen LogP contribution < -0.4 is 16.2 Å². The molecule has 9 heteroatoms. The minimum atomic E-state index is -0.900. The summed E-state index contributed by atoms with van der Waals surface area (Å²) in [6.45, 7) is 0.274. The number of aromatic nitrogens is 1. The first-order valence-corrected chi connectivity index (χ1v) is 12.9. The lowest BCUT2D eigenvalue weighted by Gasteiger charge is -2.18. The Bertz CT molecular complexity index is 1470. The van der Waals surface area contributed by atoms with E-state index in [4.69, 9.17) is 11.6 Å². The van der Waals surface area contributed by atoms with E-state index in [-0.39, 0.29) is 29.5 Å². The number of carbonyl (C=O) groups is 3. The number of fused-ring (bicyclic) bond motifs is 1. The number of nitrogens with one attached hydrogen (secondary N) is 3. The van der Waals surface area contributed by atoms with Crippen LogP contribution in [-0.4, -0.2) is 40.3 Å². The maximum absolute atomic E-state index is 13.2. The lowest BCUT2D eigenvalue weighted by atomic mass is 10.0. The van der Waals surface area contributed by atoms with Crippen LogP contribution in [0.15, 0.2) is 89.7 Å². The van der Waals surface area contributed by atoms with Crippen molar-refractivity contribution in [3.63, 3.8) is 0 Å². The molecule has 188 valence electrons. The lowest BCUT2D eigenvalue weighted by molar-refractivity contribution is -0.112. The molecule has 0 bridgehead atoms. The number of benzene rings is 3. The Morgan fingerprint density at radius 2 is 1.54 bits per heavy atom. The summed E-state index contributed by atoms with van der Waals surface area (Å²) in [7, 11) is 0. The number of amides is 2. The Labute approximate surface area is 222 Å². The smallest absolute Gasteiger partial charge is 0.251 e. The number of hydrogen-bond donors (Lipinski definition) is 3. The van der Waals surface area contributed by atoms with Gasteiger partial charge in [-0.2, -0.15) is 0 Å². The summed E-state index contributed by atoms with van der Waals surface area (Å²) in [5.74, 6) is -0.334. The van der Waals surface area contributed by atoms with E-state index >= 15 is 0 Å². The number of carbonyl (C=O) groups excluding carboxylic acids is 3. The van der Waals surface area contributed by atoms with Gasteiger partial charge in [-0.05, 0) is 48.0 Å². The summed E-state index contributed by atoms with van der Waals surface area (Å²) >= 11 is 6.95. The Morgan fingerprint density at radius 1 is 0.865 bits per heavy atom. The average Bonchev–Trinajstić information content (AvgIpc) is 2.91. The molecule has 0 fully saturated rings. The first-order chi connectivity index (χ1) is 17.9. The number of pyridine rings is 1. The number of para-hydroxylation sites is 1. The summed E-state index contributed by atoms with van der Waals surface area (Å²) in [5.41, 5.74) is 1.90. The van der Waals surface area contributed by atoms with Crippen molar-refractivity contribution in [2.24, 2.45) is 0 Å². The van der Waals surface area contributed by atoms with Gasteiger partial charge in [-0.3, -0.25) is 19.2 Å². The molecule has 0 aliphatic heterocycles. The van der Waals surface area contributed by atoms with Crippen LogP contribution in [0.3, 0.4) is 0 Å². The SMILES string of the molecule is O=C(NCCSC(=O)C(Cc1cc(=O)[nH]c2ccccc12)NC(=O)c1ccc(Cl)cc1)c1ccccc1. The van der Waals surface area contributed by atoms with E-state index in [2.05, 4.69) is 15.6 Å². The zero-order chi connectivity index (χ0) is 26.2. The van der Waals surface area contributed by atoms with E-state index in [0.29, 0.717) is 33.0 Å². The van der Waals surface area contributed by atoms with Crippen molar-refractivity contribution in [2.45, 2.75) is 12.5 Å². The lowest BCUT2D eigenvalue weighted by Crippen LogP contribution is -2.42. The molecular formula is C28H24ClN3O4S. The second kappa shape index (κ2) is 12.4. The summed E-state index contributed by atoms with van der Waals surface area (Å²) in [5, 5.41) is 6.61. The molecule has 0 saturated heterocycles. The first-order valence-electron chi connectivity index (χ1n) is 11.6. The molecule has 3 N–H and O–H groups in total. The maximum Gasteiger partial charge on any atom is 0.251 e. The second-order valence-electron chi connectivity index (χ2n) is 8.23. The van der Waals surface area contributed by atoms with Crippen molar-refractivity contribution in [1.82, 2.24) is 15.6 Å². The fourth-order valence-corrected chi connectivity index (χ4v) is 4.68. The Morgan fingerprint density at radius 3 is 2.30 bits per heavy atom. The number of aromatic amines is 1. The van der Waals surface area contributed by atoms with Crippen molar-refractivity contribution in [3.05, 3.63) is 117 Å². The van der Waals surface area contributed by atoms with Gasteiger partial charge in [0, 0.05) is 51.8 Å². The Kier molecular flexibility index (Phi) is 8.77. The normalized spacial score (nSPS) is 11.6. The number of H-pyrrole nitrogens is 1. The predicted molar refractivity (Wildman–Crippen MR) is 147 cm³/mol. The van der Waals surface area contributed by atoms with Crippen molar-refractivity contribution in [3.8, 4) is 0 Å². The van der Waals surface area contributed by atoms with Crippen LogP contribution in [0.5, 0.6) is 0 Å². The van der Waals surface area contributed by atoms with Crippen LogP contribution in [-0.2, 0) is 11.2 Å². The topological polar surface area (TPSA) is 108 Å². The third-order valence-electron chi connectivity index (χ3n) is 5.62. The van der Waals surface area contributed by atoms with Gasteiger partial charge in [-0.25, -0.2) is 0 Å². The molecule has 1 heterocycles. The number of halogens is 1. The molecule has 1 aromatic heterocycles. The molecule has 3 aromatic carbocycles. The van der Waals surface area contributed by atoms with Crippen molar-refractivity contribution < 1.29 is 14.4 Å². The zero-order valence-electron chi connectivity index (χ0n) is 19.7. The van der Waals surface area contributed by atoms with Gasteiger partial charge in [-0.15, -0.1) is 0 Å². The predicted octanol–water partition coefficient (Wildman–Crippen LogP) is 4.21. The summed E-state index contributed by atoms with van der Waals surface area (Å²) < 4.78 is 0. The molecule has 0 spiro atoms. The summed E-state index contributed by atoms with van der Waals surface area (Å²) in [6.07, 6.45) is 0.131. The van der Waals surface area contributed by atoms with Gasteiger partial charge in [0.05, 0.1) is 0 Å². The van der Waals surface area contributed by atoms with Crippen LogP contribution in [0.1, 0.15) is 26.3 Å². The van der Waals surface area contributed by atoms with E-state index in [9.17, 15) is 19.2 Å². The molecule has 1 unspecified atom stereocenters. The van der Waals surface area contributed by atoms with Gasteiger partial charge >= 0.3 is 0 Å². The van der Waals surface area contributed by atoms with Gasteiger partial charge in [0.25, 0.3) is 11.8 Å². The molecule has 7 nitrogen and oxygen atoms in total. The van der Waals surface area contributed by atoms with Crippen LogP contribution in [0, 0.1) is 0 Å². The van der Waals surface area contributed by atoms with E-state index in [1.165, 1.54) is 6.07 Å². The standard InChI is InChI=1S/C28H24ClN3O4S/c29-21-12-10-19(11-13-21)27(35)32-24(16-20-17-25(33)31-23-9-5-4-8-22(20)23)28(36)37-15-14-30-26(34)18-6-2-1-3-7-18/h1-13,17,24H,14-16H2,(H,30,34)(H,31,33)(H,32,35). The van der Waals surface area contributed by atoms with E-state index < -0.39 is 11.9 Å². The number of rotatable bonds is 9.